The van der Waals surface area contributed by atoms with Crippen LogP contribution in [-0.4, -0.2) is 24.4 Å². The Hall–Kier alpha value is -2.15. The van der Waals surface area contributed by atoms with Gasteiger partial charge >= 0.3 is 6.18 Å². The van der Waals surface area contributed by atoms with E-state index in [0.29, 0.717) is 18.7 Å². The molecule has 0 spiro atoms. The molecule has 0 aliphatic carbocycles. The van der Waals surface area contributed by atoms with Crippen molar-refractivity contribution in [3.8, 4) is 5.75 Å². The van der Waals surface area contributed by atoms with Crippen LogP contribution >= 0.6 is 11.8 Å². The monoisotopic (exact) mass is 369 g/mol. The Morgan fingerprint density at radius 3 is 2.36 bits per heavy atom. The highest BCUT2D eigenvalue weighted by Crippen LogP contribution is 2.19. The number of rotatable bonds is 8. The van der Waals surface area contributed by atoms with Crippen molar-refractivity contribution in [1.82, 2.24) is 5.32 Å². The molecule has 0 saturated carbocycles. The van der Waals surface area contributed by atoms with Crippen molar-refractivity contribution in [3.63, 3.8) is 0 Å². The molecule has 3 nitrogen and oxygen atoms in total. The first kappa shape index (κ1) is 19.2. The Bertz CT molecular complexity index is 660. The normalized spacial score (nSPS) is 11.2. The fourth-order valence-electron chi connectivity index (χ4n) is 1.94. The molecule has 0 fully saturated rings. The summed E-state index contributed by atoms with van der Waals surface area (Å²) < 4.78 is 40.8. The van der Waals surface area contributed by atoms with Crippen molar-refractivity contribution < 1.29 is 22.7 Å². The number of hydrogen-bond donors (Lipinski definition) is 1. The molecule has 0 aromatic heterocycles. The van der Waals surface area contributed by atoms with Gasteiger partial charge < -0.3 is 10.1 Å². The van der Waals surface area contributed by atoms with E-state index in [1.165, 1.54) is 12.1 Å². The maximum absolute atomic E-state index is 12.1. The third kappa shape index (κ3) is 7.98. The van der Waals surface area contributed by atoms with E-state index < -0.39 is 12.8 Å². The van der Waals surface area contributed by atoms with E-state index in [1.807, 2.05) is 30.3 Å². The van der Waals surface area contributed by atoms with E-state index in [1.54, 1.807) is 23.9 Å². The lowest BCUT2D eigenvalue weighted by Crippen LogP contribution is -2.23. The zero-order chi connectivity index (χ0) is 18.1. The summed E-state index contributed by atoms with van der Waals surface area (Å²) in [6.45, 7) is -0.990. The highest BCUT2D eigenvalue weighted by Gasteiger charge is 2.28. The lowest BCUT2D eigenvalue weighted by molar-refractivity contribution is -0.153. The third-order valence-corrected chi connectivity index (χ3v) is 4.17. The molecule has 0 atom stereocenters. The van der Waals surface area contributed by atoms with Crippen molar-refractivity contribution >= 4 is 17.7 Å². The SMILES string of the molecule is O=C(CCSc1ccccc1)NCc1ccc(OCC(F)(F)F)cc1. The molecule has 7 heteroatoms. The number of alkyl halides is 3. The summed E-state index contributed by atoms with van der Waals surface area (Å²) in [4.78, 5) is 12.9. The number of carbonyl (C=O) groups excluding carboxylic acids is 1. The highest BCUT2D eigenvalue weighted by molar-refractivity contribution is 7.99. The van der Waals surface area contributed by atoms with Crippen LogP contribution in [0.4, 0.5) is 13.2 Å². The van der Waals surface area contributed by atoms with Crippen molar-refractivity contribution in [2.75, 3.05) is 12.4 Å². The van der Waals surface area contributed by atoms with Crippen molar-refractivity contribution in [3.05, 3.63) is 60.2 Å². The van der Waals surface area contributed by atoms with Crippen molar-refractivity contribution in [2.24, 2.45) is 0 Å². The van der Waals surface area contributed by atoms with Crippen LogP contribution in [0.3, 0.4) is 0 Å². The van der Waals surface area contributed by atoms with Crippen LogP contribution in [0.1, 0.15) is 12.0 Å². The first-order chi connectivity index (χ1) is 11.9. The molecule has 2 rings (SSSR count). The molecule has 0 unspecified atom stereocenters. The Morgan fingerprint density at radius 2 is 1.72 bits per heavy atom. The van der Waals surface area contributed by atoms with E-state index in [2.05, 4.69) is 10.1 Å². The van der Waals surface area contributed by atoms with Gasteiger partial charge in [0, 0.05) is 23.6 Å². The van der Waals surface area contributed by atoms with Gasteiger partial charge in [0.25, 0.3) is 0 Å². The van der Waals surface area contributed by atoms with Crippen LogP contribution in [0.25, 0.3) is 0 Å². The molecule has 0 aliphatic heterocycles. The van der Waals surface area contributed by atoms with Gasteiger partial charge in [0.2, 0.25) is 5.91 Å². The van der Waals surface area contributed by atoms with Crippen LogP contribution in [0.5, 0.6) is 5.75 Å². The predicted molar refractivity (Wildman–Crippen MR) is 91.6 cm³/mol. The Kier molecular flexibility index (Phi) is 7.18. The zero-order valence-corrected chi connectivity index (χ0v) is 14.2. The molecule has 0 radical (unpaired) electrons. The van der Waals surface area contributed by atoms with E-state index in [0.717, 1.165) is 10.5 Å². The molecule has 1 N–H and O–H groups in total. The second-order valence-corrected chi connectivity index (χ2v) is 6.40. The summed E-state index contributed by atoms with van der Waals surface area (Å²) in [6, 6.07) is 16.0. The number of amides is 1. The van der Waals surface area contributed by atoms with E-state index in [-0.39, 0.29) is 11.7 Å². The second-order valence-electron chi connectivity index (χ2n) is 5.24. The number of thioether (sulfide) groups is 1. The maximum Gasteiger partial charge on any atom is 0.422 e. The average Bonchev–Trinajstić information content (AvgIpc) is 2.59. The number of benzene rings is 2. The summed E-state index contributed by atoms with van der Waals surface area (Å²) >= 11 is 1.61. The first-order valence-electron chi connectivity index (χ1n) is 7.65. The molecule has 25 heavy (non-hydrogen) atoms. The molecule has 2 aromatic carbocycles. The molecule has 0 bridgehead atoms. The van der Waals surface area contributed by atoms with Gasteiger partial charge in [-0.2, -0.15) is 13.2 Å². The predicted octanol–water partition coefficient (Wildman–Crippen LogP) is 4.43. The summed E-state index contributed by atoms with van der Waals surface area (Å²) in [7, 11) is 0. The lowest BCUT2D eigenvalue weighted by atomic mass is 10.2. The maximum atomic E-state index is 12.1. The van der Waals surface area contributed by atoms with Gasteiger partial charge in [0.05, 0.1) is 0 Å². The largest absolute Gasteiger partial charge is 0.484 e. The average molecular weight is 369 g/mol. The standard InChI is InChI=1S/C18H18F3NO2S/c19-18(20,21)13-24-15-8-6-14(7-9-15)12-22-17(23)10-11-25-16-4-2-1-3-5-16/h1-9H,10-13H2,(H,22,23). The summed E-state index contributed by atoms with van der Waals surface area (Å²) in [6.07, 6.45) is -3.96. The van der Waals surface area contributed by atoms with Gasteiger partial charge in [-0.3, -0.25) is 4.79 Å². The number of ether oxygens (including phenoxy) is 1. The summed E-state index contributed by atoms with van der Waals surface area (Å²) in [5.41, 5.74) is 0.795. The van der Waals surface area contributed by atoms with Crippen molar-refractivity contribution in [2.45, 2.75) is 24.0 Å². The number of hydrogen-bond acceptors (Lipinski definition) is 3. The van der Waals surface area contributed by atoms with Gasteiger partial charge in [0.1, 0.15) is 5.75 Å². The fourth-order valence-corrected chi connectivity index (χ4v) is 2.81. The van der Waals surface area contributed by atoms with Crippen LogP contribution in [0.15, 0.2) is 59.5 Å². The topological polar surface area (TPSA) is 38.3 Å². The number of halogens is 3. The highest BCUT2D eigenvalue weighted by atomic mass is 32.2. The van der Waals surface area contributed by atoms with Gasteiger partial charge in [-0.15, -0.1) is 11.8 Å². The van der Waals surface area contributed by atoms with Gasteiger partial charge in [0.15, 0.2) is 6.61 Å². The van der Waals surface area contributed by atoms with Gasteiger partial charge in [-0.05, 0) is 29.8 Å². The second kappa shape index (κ2) is 9.36. The Balaban J connectivity index is 1.67. The third-order valence-electron chi connectivity index (χ3n) is 3.16. The molecule has 134 valence electrons. The molecule has 0 aliphatic rings. The van der Waals surface area contributed by atoms with Crippen LogP contribution in [0, 0.1) is 0 Å². The number of nitrogens with one attached hydrogen (secondary N) is 1. The molecular formula is C18H18F3NO2S. The van der Waals surface area contributed by atoms with E-state index in [9.17, 15) is 18.0 Å². The minimum atomic E-state index is -4.36. The smallest absolute Gasteiger partial charge is 0.422 e. The molecule has 0 saturated heterocycles. The summed E-state index contributed by atoms with van der Waals surface area (Å²) in [5, 5.41) is 2.79. The van der Waals surface area contributed by atoms with Crippen LogP contribution in [0.2, 0.25) is 0 Å². The summed E-state index contributed by atoms with van der Waals surface area (Å²) in [5.74, 6) is 0.757. The minimum Gasteiger partial charge on any atom is -0.484 e. The Morgan fingerprint density at radius 1 is 1.04 bits per heavy atom. The van der Waals surface area contributed by atoms with Crippen LogP contribution < -0.4 is 10.1 Å². The number of carbonyl (C=O) groups is 1. The van der Waals surface area contributed by atoms with Crippen molar-refractivity contribution in [1.29, 1.82) is 0 Å². The lowest BCUT2D eigenvalue weighted by Gasteiger charge is -2.10. The molecular weight excluding hydrogens is 351 g/mol. The van der Waals surface area contributed by atoms with E-state index in [4.69, 9.17) is 0 Å². The van der Waals surface area contributed by atoms with Crippen LogP contribution in [-0.2, 0) is 11.3 Å². The molecule has 0 heterocycles. The van der Waals surface area contributed by atoms with Gasteiger partial charge in [-0.1, -0.05) is 30.3 Å². The molecule has 2 aromatic rings. The minimum absolute atomic E-state index is 0.0687. The van der Waals surface area contributed by atoms with Gasteiger partial charge in [-0.25, -0.2) is 0 Å². The van der Waals surface area contributed by atoms with E-state index >= 15 is 0 Å². The molecule has 1 amide bonds. The quantitative estimate of drug-likeness (QED) is 0.700. The Labute approximate surface area is 148 Å². The first-order valence-corrected chi connectivity index (χ1v) is 8.64. The zero-order valence-electron chi connectivity index (χ0n) is 13.4. The fraction of sp³-hybridized carbons (Fsp3) is 0.278.